The fourth-order valence-corrected chi connectivity index (χ4v) is 11.1. The highest BCUT2D eigenvalue weighted by Gasteiger charge is 2.42. The quantitative estimate of drug-likeness (QED) is 0.531. The predicted octanol–water partition coefficient (Wildman–Crippen LogP) is 4.12. The van der Waals surface area contributed by atoms with Crippen molar-refractivity contribution in [3.05, 3.63) is 29.8 Å². The molecule has 0 fully saturated rings. The van der Waals surface area contributed by atoms with Gasteiger partial charge < -0.3 is 8.91 Å². The van der Waals surface area contributed by atoms with E-state index in [1.807, 2.05) is 0 Å². The van der Waals surface area contributed by atoms with Crippen LogP contribution in [-0.2, 0) is 11.0 Å². The fraction of sp³-hybridized carbons (Fsp3) is 0.684. The first-order valence-electron chi connectivity index (χ1n) is 9.36. The normalized spacial score (nSPS) is 23.6. The van der Waals surface area contributed by atoms with Crippen LogP contribution in [0.1, 0.15) is 26.3 Å². The minimum absolute atomic E-state index is 0.949. The van der Waals surface area contributed by atoms with Crippen LogP contribution < -0.4 is 5.19 Å². The van der Waals surface area contributed by atoms with Gasteiger partial charge in [0, 0.05) is 5.56 Å². The third kappa shape index (κ3) is 4.16. The molecule has 1 aromatic rings. The van der Waals surface area contributed by atoms with Gasteiger partial charge >= 0.3 is 0 Å². The second-order valence-electron chi connectivity index (χ2n) is 8.29. The zero-order valence-electron chi connectivity index (χ0n) is 16.1. The summed E-state index contributed by atoms with van der Waals surface area (Å²) < 4.78 is 7.70. The van der Waals surface area contributed by atoms with Gasteiger partial charge in [0.1, 0.15) is 21.2 Å². The van der Waals surface area contributed by atoms with Crippen LogP contribution >= 0.6 is 0 Å². The molecule has 0 amide bonds. The number of hydrogen-bond acceptors (Lipinski definition) is 1. The molecule has 1 unspecified atom stereocenters. The number of nitrogens with zero attached hydrogens (tertiary/aromatic N) is 1. The minimum Gasteiger partial charge on any atom is -0.411 e. The largest absolute Gasteiger partial charge is 0.411 e. The Balaban J connectivity index is 2.06. The third-order valence-corrected chi connectivity index (χ3v) is 14.2. The zero-order chi connectivity index (χ0) is 17.1. The van der Waals surface area contributed by atoms with Crippen molar-refractivity contribution in [3.8, 4) is 0 Å². The van der Waals surface area contributed by atoms with Crippen LogP contribution in [0.4, 0.5) is 0 Å². The van der Waals surface area contributed by atoms with E-state index in [0.29, 0.717) is 0 Å². The molecule has 1 aliphatic rings. The van der Waals surface area contributed by atoms with E-state index >= 15 is 0 Å². The summed E-state index contributed by atoms with van der Waals surface area (Å²) in [7, 11) is -0.335. The van der Waals surface area contributed by atoms with Gasteiger partial charge in [-0.05, 0) is 23.3 Å². The molecule has 0 spiro atoms. The van der Waals surface area contributed by atoms with E-state index in [0.717, 1.165) is 11.1 Å². The van der Waals surface area contributed by atoms with Crippen LogP contribution in [0.15, 0.2) is 24.3 Å². The average Bonchev–Trinajstić information content (AvgIpc) is 2.51. The van der Waals surface area contributed by atoms with Gasteiger partial charge in [0.2, 0.25) is 0 Å². The Morgan fingerprint density at radius 2 is 1.70 bits per heavy atom. The topological polar surface area (TPSA) is 9.23 Å². The van der Waals surface area contributed by atoms with E-state index in [-0.39, 0.29) is 0 Å². The van der Waals surface area contributed by atoms with Crippen LogP contribution in [0, 0.1) is 0 Å². The highest BCUT2D eigenvalue weighted by Crippen LogP contribution is 2.25. The maximum absolute atomic E-state index is 6.54. The van der Waals surface area contributed by atoms with E-state index in [2.05, 4.69) is 65.2 Å². The lowest BCUT2D eigenvalue weighted by Crippen LogP contribution is -2.65. The summed E-state index contributed by atoms with van der Waals surface area (Å²) in [6.07, 6.45) is 1.34. The molecule has 0 aromatic heterocycles. The van der Waals surface area contributed by atoms with Gasteiger partial charge in [-0.2, -0.15) is 0 Å². The van der Waals surface area contributed by atoms with Crippen LogP contribution in [0.5, 0.6) is 0 Å². The van der Waals surface area contributed by atoms with Gasteiger partial charge in [-0.3, -0.25) is 0 Å². The fourth-order valence-electron chi connectivity index (χ4n) is 4.52. The molecule has 0 aliphatic carbocycles. The van der Waals surface area contributed by atoms with Crippen molar-refractivity contribution in [2.75, 3.05) is 26.4 Å². The van der Waals surface area contributed by atoms with Crippen molar-refractivity contribution in [2.24, 2.45) is 0 Å². The molecule has 0 saturated heterocycles. The van der Waals surface area contributed by atoms with E-state index in [9.17, 15) is 0 Å². The molecular weight excluding hydrogens is 314 g/mol. The van der Waals surface area contributed by atoms with Crippen LogP contribution in [0.25, 0.3) is 0 Å². The molecule has 4 heteroatoms. The molecule has 130 valence electrons. The van der Waals surface area contributed by atoms with Crippen LogP contribution in [-0.4, -0.2) is 47.2 Å². The smallest absolute Gasteiger partial charge is 0.192 e. The van der Waals surface area contributed by atoms with Gasteiger partial charge in [-0.25, -0.2) is 0 Å². The van der Waals surface area contributed by atoms with E-state index < -0.39 is 16.4 Å². The van der Waals surface area contributed by atoms with Gasteiger partial charge in [-0.1, -0.05) is 58.1 Å². The maximum Gasteiger partial charge on any atom is 0.192 e. The summed E-state index contributed by atoms with van der Waals surface area (Å²) in [6.45, 7) is 15.3. The lowest BCUT2D eigenvalue weighted by atomic mass is 10.2. The molecule has 1 aliphatic heterocycles. The number of rotatable bonds is 7. The van der Waals surface area contributed by atoms with Crippen molar-refractivity contribution < 1.29 is 8.91 Å². The summed E-state index contributed by atoms with van der Waals surface area (Å²) in [6, 6.07) is 12.9. The number of quaternary nitrogens is 1. The first-order valence-corrected chi connectivity index (χ1v) is 15.1. The molecule has 1 atom stereocenters. The number of likely N-dealkylation sites (N-methyl/N-ethyl adjacent to an activating group) is 1. The SMILES string of the molecule is CC[Si](CC)(CC)OCC[N+]1(C)Cc2ccccc2[Si](C)(C)C1. The molecule has 23 heavy (non-hydrogen) atoms. The lowest BCUT2D eigenvalue weighted by molar-refractivity contribution is -0.914. The average molecular weight is 351 g/mol. The summed E-state index contributed by atoms with van der Waals surface area (Å²) in [4.78, 5) is 0. The number of hydrogen-bond donors (Lipinski definition) is 0. The summed E-state index contributed by atoms with van der Waals surface area (Å²) in [5.41, 5.74) is 1.59. The van der Waals surface area contributed by atoms with Crippen molar-refractivity contribution >= 4 is 21.6 Å². The maximum atomic E-state index is 6.54. The van der Waals surface area contributed by atoms with Crippen molar-refractivity contribution in [3.63, 3.8) is 0 Å². The van der Waals surface area contributed by atoms with Crippen molar-refractivity contribution in [1.29, 1.82) is 0 Å². The Bertz CT molecular complexity index is 520. The predicted molar refractivity (Wildman–Crippen MR) is 106 cm³/mol. The molecule has 0 radical (unpaired) electrons. The molecule has 0 saturated carbocycles. The van der Waals surface area contributed by atoms with E-state index in [4.69, 9.17) is 4.43 Å². The van der Waals surface area contributed by atoms with Crippen LogP contribution in [0.2, 0.25) is 31.2 Å². The molecule has 0 N–H and O–H groups in total. The Morgan fingerprint density at radius 3 is 2.30 bits per heavy atom. The monoisotopic (exact) mass is 350 g/mol. The Hall–Kier alpha value is -0.426. The molecule has 1 aromatic carbocycles. The summed E-state index contributed by atoms with van der Waals surface area (Å²) >= 11 is 0. The zero-order valence-corrected chi connectivity index (χ0v) is 18.1. The second kappa shape index (κ2) is 7.22. The molecule has 1 heterocycles. The van der Waals surface area contributed by atoms with Gasteiger partial charge in [0.05, 0.1) is 19.8 Å². The molecule has 0 bridgehead atoms. The van der Waals surface area contributed by atoms with Gasteiger partial charge in [0.25, 0.3) is 0 Å². The van der Waals surface area contributed by atoms with Crippen LogP contribution in [0.3, 0.4) is 0 Å². The van der Waals surface area contributed by atoms with Crippen molar-refractivity contribution in [2.45, 2.75) is 58.5 Å². The second-order valence-corrected chi connectivity index (χ2v) is 17.7. The summed E-state index contributed by atoms with van der Waals surface area (Å²) in [5, 5.41) is 1.68. The van der Waals surface area contributed by atoms with Crippen molar-refractivity contribution in [1.82, 2.24) is 0 Å². The Morgan fingerprint density at radius 1 is 1.09 bits per heavy atom. The number of fused-ring (bicyclic) bond motifs is 1. The van der Waals surface area contributed by atoms with Gasteiger partial charge in [-0.15, -0.1) is 0 Å². The first-order chi connectivity index (χ1) is 10.8. The Kier molecular flexibility index (Phi) is 5.93. The Labute approximate surface area is 145 Å². The molecule has 2 nitrogen and oxygen atoms in total. The molecule has 2 rings (SSSR count). The van der Waals surface area contributed by atoms with Gasteiger partial charge in [0.15, 0.2) is 8.32 Å². The number of benzene rings is 1. The standard InChI is InChI=1S/C19H36NOSi2/c1-7-23(8-2,9-3)21-15-14-20(4)16-18-12-10-11-13-19(18)22(5,6)17-20/h10-13H,7-9,14-17H2,1-6H3/q+1. The highest BCUT2D eigenvalue weighted by atomic mass is 28.4. The summed E-state index contributed by atoms with van der Waals surface area (Å²) in [5.74, 6) is 0. The minimum atomic E-state index is -1.44. The molecular formula is C19H36NOSi2+. The first kappa shape index (κ1) is 18.9. The third-order valence-electron chi connectivity index (χ3n) is 6.05. The highest BCUT2D eigenvalue weighted by molar-refractivity contribution is 6.90. The lowest BCUT2D eigenvalue weighted by Gasteiger charge is -2.45. The van der Waals surface area contributed by atoms with E-state index in [1.165, 1.54) is 37.4 Å². The van der Waals surface area contributed by atoms with E-state index in [1.54, 1.807) is 10.8 Å².